The number of likely N-dealkylation sites (N-methyl/N-ethyl adjacent to an activating group) is 1. The van der Waals surface area contributed by atoms with Crippen molar-refractivity contribution in [3.63, 3.8) is 0 Å². The van der Waals surface area contributed by atoms with E-state index in [0.717, 1.165) is 0 Å². The molecule has 1 aliphatic heterocycles. The highest BCUT2D eigenvalue weighted by Crippen LogP contribution is 2.40. The predicted molar refractivity (Wildman–Crippen MR) is 248 cm³/mol. The summed E-state index contributed by atoms with van der Waals surface area (Å²) >= 11 is 0. The van der Waals surface area contributed by atoms with E-state index in [9.17, 15) is 28.8 Å². The molecular weight excluding hydrogens is 857 g/mol. The van der Waals surface area contributed by atoms with Crippen molar-refractivity contribution in [3.05, 3.63) is 47.5 Å². The number of benzene rings is 2. The van der Waals surface area contributed by atoms with Gasteiger partial charge in [-0.15, -0.1) is 0 Å². The van der Waals surface area contributed by atoms with Crippen LogP contribution < -0.4 is 36.5 Å². The molecule has 1 heterocycles. The van der Waals surface area contributed by atoms with Crippen LogP contribution in [0.15, 0.2) is 36.4 Å². The van der Waals surface area contributed by atoms with Crippen LogP contribution in [0.4, 0.5) is 9.59 Å². The Labute approximate surface area is 384 Å². The maximum atomic E-state index is 14.5. The van der Waals surface area contributed by atoms with E-state index >= 15 is 0 Å². The fourth-order valence-electron chi connectivity index (χ4n) is 6.30. The summed E-state index contributed by atoms with van der Waals surface area (Å²) in [5.74, 6) is -2.02. The second-order valence-corrected chi connectivity index (χ2v) is 24.3. The van der Waals surface area contributed by atoms with Crippen LogP contribution in [0.2, 0.25) is 18.1 Å². The van der Waals surface area contributed by atoms with Crippen LogP contribution in [0.3, 0.4) is 0 Å². The molecule has 18 nitrogen and oxygen atoms in total. The van der Waals surface area contributed by atoms with E-state index in [4.69, 9.17) is 33.8 Å². The lowest BCUT2D eigenvalue weighted by Gasteiger charge is -2.36. The Bertz CT molecular complexity index is 2010. The summed E-state index contributed by atoms with van der Waals surface area (Å²) in [7, 11) is 0.503. The molecule has 19 heteroatoms. The highest BCUT2D eigenvalue weighted by atomic mass is 28.4. The molecule has 0 fully saturated rings. The van der Waals surface area contributed by atoms with Crippen molar-refractivity contribution < 1.29 is 56.9 Å². The van der Waals surface area contributed by atoms with Gasteiger partial charge in [-0.2, -0.15) is 0 Å². The van der Waals surface area contributed by atoms with Gasteiger partial charge in [0.1, 0.15) is 54.0 Å². The number of methoxy groups -OCH3 is 1. The van der Waals surface area contributed by atoms with E-state index in [1.54, 1.807) is 77.9 Å². The molecular formula is C46H72N6O12Si. The molecule has 0 spiro atoms. The van der Waals surface area contributed by atoms with E-state index in [-0.39, 0.29) is 50.8 Å². The van der Waals surface area contributed by atoms with Crippen molar-refractivity contribution in [3.8, 4) is 22.6 Å². The van der Waals surface area contributed by atoms with Crippen molar-refractivity contribution in [2.24, 2.45) is 5.73 Å². The molecule has 0 radical (unpaired) electrons. The molecule has 4 bridgehead atoms. The Balaban J connectivity index is 2.20. The molecule has 0 aromatic heterocycles. The molecule has 362 valence electrons. The number of rotatable bonds is 15. The number of nitrogens with two attached hydrogens (primary N) is 1. The van der Waals surface area contributed by atoms with Gasteiger partial charge in [0.05, 0.1) is 26.2 Å². The van der Waals surface area contributed by atoms with E-state index in [1.165, 1.54) is 26.0 Å². The maximum Gasteiger partial charge on any atom is 0.407 e. The molecule has 1 aliphatic rings. The predicted octanol–water partition coefficient (Wildman–Crippen LogP) is 5.12. The zero-order chi connectivity index (χ0) is 49.1. The number of amides is 5. The van der Waals surface area contributed by atoms with E-state index in [1.807, 2.05) is 0 Å². The number of hydrogen-bond acceptors (Lipinski definition) is 13. The first-order valence-corrected chi connectivity index (χ1v) is 24.8. The molecule has 6 N–H and O–H groups in total. The minimum absolute atomic E-state index is 0.000687. The molecule has 5 amide bonds. The first-order chi connectivity index (χ1) is 30.0. The van der Waals surface area contributed by atoms with Gasteiger partial charge in [-0.05, 0) is 108 Å². The second-order valence-electron chi connectivity index (χ2n) is 19.5. The Morgan fingerprint density at radius 1 is 0.800 bits per heavy atom. The topological polar surface area (TPSA) is 235 Å². The summed E-state index contributed by atoms with van der Waals surface area (Å²) in [6, 6.07) is 5.37. The SMILES string of the molecule is COC(=O)[C@@H]1Cc2ccc(OCCNC(=O)OC(C)(C)C)c(c2)-c2cc(ccc2OCCNC(=O)OC(C)(C)C)[C@H](N(C)C(=O)[C@@H](N)CCO[Si](C)(C)C(C)(C)C)C(=O)N[C@@H](C)C(=O)N1. The van der Waals surface area contributed by atoms with Crippen molar-refractivity contribution >= 4 is 44.2 Å². The lowest BCUT2D eigenvalue weighted by atomic mass is 9.93. The van der Waals surface area contributed by atoms with Gasteiger partial charge in [-0.1, -0.05) is 32.9 Å². The molecule has 65 heavy (non-hydrogen) atoms. The average Bonchev–Trinajstić information content (AvgIpc) is 3.18. The molecule has 0 unspecified atom stereocenters. The summed E-state index contributed by atoms with van der Waals surface area (Å²) < 4.78 is 34.6. The third-order valence-corrected chi connectivity index (χ3v) is 15.2. The minimum Gasteiger partial charge on any atom is -0.491 e. The van der Waals surface area contributed by atoms with Crippen LogP contribution in [-0.4, -0.2) is 125 Å². The van der Waals surface area contributed by atoms with Gasteiger partial charge < -0.3 is 60.0 Å². The maximum absolute atomic E-state index is 14.5. The monoisotopic (exact) mass is 928 g/mol. The van der Waals surface area contributed by atoms with Gasteiger partial charge in [0.25, 0.3) is 0 Å². The van der Waals surface area contributed by atoms with Crippen LogP contribution in [-0.2, 0) is 44.2 Å². The average molecular weight is 929 g/mol. The summed E-state index contributed by atoms with van der Waals surface area (Å²) in [4.78, 5) is 81.5. The van der Waals surface area contributed by atoms with Crippen LogP contribution in [0, 0.1) is 0 Å². The molecule has 3 rings (SSSR count). The quantitative estimate of drug-likeness (QED) is 0.0677. The van der Waals surface area contributed by atoms with Crippen molar-refractivity contribution in [1.82, 2.24) is 26.2 Å². The molecule has 0 saturated heterocycles. The number of hydrogen-bond donors (Lipinski definition) is 5. The van der Waals surface area contributed by atoms with E-state index in [0.29, 0.717) is 33.8 Å². The third-order valence-electron chi connectivity index (χ3n) is 10.7. The van der Waals surface area contributed by atoms with Gasteiger partial charge in [0.15, 0.2) is 8.32 Å². The minimum atomic E-state index is -2.16. The fraction of sp³-hybridized carbons (Fsp3) is 0.609. The smallest absolute Gasteiger partial charge is 0.407 e. The zero-order valence-electron chi connectivity index (χ0n) is 40.6. The molecule has 0 saturated carbocycles. The van der Waals surface area contributed by atoms with Crippen LogP contribution in [0.1, 0.15) is 92.8 Å². The van der Waals surface area contributed by atoms with Gasteiger partial charge >= 0.3 is 18.2 Å². The lowest BCUT2D eigenvalue weighted by Crippen LogP contribution is -2.54. The summed E-state index contributed by atoms with van der Waals surface area (Å²) in [6.45, 7) is 22.9. The number of esters is 1. The molecule has 2 aromatic carbocycles. The number of carbonyl (C=O) groups excluding carboxylic acids is 6. The van der Waals surface area contributed by atoms with E-state index < -0.39 is 79.6 Å². The summed E-state index contributed by atoms with van der Waals surface area (Å²) in [5.41, 5.74) is 6.84. The number of nitrogens with zero attached hydrogens (tertiary/aromatic N) is 1. The van der Waals surface area contributed by atoms with Crippen LogP contribution >= 0.6 is 0 Å². The summed E-state index contributed by atoms with van der Waals surface area (Å²) in [6.07, 6.45) is -1.09. The van der Waals surface area contributed by atoms with Gasteiger partial charge in [0, 0.05) is 31.2 Å². The second kappa shape index (κ2) is 22.7. The van der Waals surface area contributed by atoms with Crippen molar-refractivity contribution in [2.75, 3.05) is 47.1 Å². The van der Waals surface area contributed by atoms with Gasteiger partial charge in [-0.25, -0.2) is 14.4 Å². The Morgan fingerprint density at radius 2 is 1.32 bits per heavy atom. The lowest BCUT2D eigenvalue weighted by molar-refractivity contribution is -0.145. The molecule has 2 aromatic rings. The van der Waals surface area contributed by atoms with Crippen molar-refractivity contribution in [1.29, 1.82) is 0 Å². The highest BCUT2D eigenvalue weighted by molar-refractivity contribution is 6.74. The Morgan fingerprint density at radius 3 is 1.83 bits per heavy atom. The normalized spacial score (nSPS) is 17.6. The first-order valence-electron chi connectivity index (χ1n) is 21.8. The number of ether oxygens (including phenoxy) is 5. The highest BCUT2D eigenvalue weighted by Gasteiger charge is 2.38. The zero-order valence-corrected chi connectivity index (χ0v) is 41.6. The fourth-order valence-corrected chi connectivity index (χ4v) is 7.36. The number of alkyl carbamates (subject to hydrolysis) is 2. The standard InChI is InChI=1S/C46H72N6O12Si/c1-28-38(53)51-34(41(56)59-12)26-29-15-17-35(60-23-20-48-42(57)63-44(2,3)4)31(25-29)32-27-30(16-18-36(32)61-24-21-49-43(58)64-45(5,6)7)37(39(54)50-28)52(11)40(55)33(47)19-22-62-65(13,14)46(8,9)10/h15-18,25,27-28,33-34,37H,19-24,26,47H2,1-14H3,(H,48,57)(H,49,58)(H,50,54)(H,51,53)/t28-,33-,34-,37-/m0/s1. The van der Waals surface area contributed by atoms with Crippen LogP contribution in [0.5, 0.6) is 11.5 Å². The van der Waals surface area contributed by atoms with Crippen LogP contribution in [0.25, 0.3) is 11.1 Å². The Kier molecular flexibility index (Phi) is 18.8. The number of nitrogens with one attached hydrogen (secondary N) is 4. The number of carbonyl (C=O) groups is 6. The number of fused-ring (bicyclic) bond motifs is 5. The third kappa shape index (κ3) is 16.5. The summed E-state index contributed by atoms with van der Waals surface area (Å²) in [5, 5.41) is 10.7. The van der Waals surface area contributed by atoms with Gasteiger partial charge in [-0.3, -0.25) is 14.4 Å². The largest absolute Gasteiger partial charge is 0.491 e. The van der Waals surface area contributed by atoms with E-state index in [2.05, 4.69) is 55.1 Å². The van der Waals surface area contributed by atoms with Gasteiger partial charge in [0.2, 0.25) is 17.7 Å². The molecule has 4 atom stereocenters. The molecule has 0 aliphatic carbocycles. The van der Waals surface area contributed by atoms with Crippen molar-refractivity contribution in [2.45, 2.75) is 136 Å². The Hall–Kier alpha value is -5.40. The first kappa shape index (κ1) is 53.9.